The molecule has 136 valence electrons. The fourth-order valence-electron chi connectivity index (χ4n) is 2.77. The van der Waals surface area contributed by atoms with E-state index in [4.69, 9.17) is 11.6 Å². The Morgan fingerprint density at radius 1 is 1.40 bits per heavy atom. The standard InChI is InChI=1S/C18H25ClN4O2/c1-4-6-16-17(18(25)20-11-12(2)9-13(3)24)21-22-23(16)15-8-5-7-14(19)10-15/h5,7-8,10,12-13,24H,4,6,9,11H2,1-3H3,(H,20,25)/t12-,13+/m0/s1. The van der Waals surface area contributed by atoms with Crippen LogP contribution in [0.1, 0.15) is 49.8 Å². The number of nitrogens with one attached hydrogen (secondary N) is 1. The van der Waals surface area contributed by atoms with Crippen molar-refractivity contribution < 1.29 is 9.90 Å². The molecule has 1 aromatic heterocycles. The van der Waals surface area contributed by atoms with Gasteiger partial charge in [-0.05, 0) is 43.9 Å². The predicted octanol–water partition coefficient (Wildman–Crippen LogP) is 3.01. The molecule has 0 aliphatic rings. The van der Waals surface area contributed by atoms with Crippen LogP contribution >= 0.6 is 11.6 Å². The van der Waals surface area contributed by atoms with Crippen LogP contribution in [0.4, 0.5) is 0 Å². The Kier molecular flexibility index (Phi) is 6.96. The summed E-state index contributed by atoms with van der Waals surface area (Å²) in [6, 6.07) is 7.30. The van der Waals surface area contributed by atoms with E-state index in [1.807, 2.05) is 26.0 Å². The largest absolute Gasteiger partial charge is 0.393 e. The number of carbonyl (C=O) groups excluding carboxylic acids is 1. The van der Waals surface area contributed by atoms with Crippen LogP contribution < -0.4 is 5.32 Å². The van der Waals surface area contributed by atoms with Crippen LogP contribution in [-0.4, -0.2) is 38.7 Å². The summed E-state index contributed by atoms with van der Waals surface area (Å²) in [6.07, 6.45) is 1.81. The van der Waals surface area contributed by atoms with Crippen molar-refractivity contribution in [1.82, 2.24) is 20.3 Å². The minimum absolute atomic E-state index is 0.182. The van der Waals surface area contributed by atoms with Gasteiger partial charge in [-0.3, -0.25) is 4.79 Å². The number of nitrogens with zero attached hydrogens (tertiary/aromatic N) is 3. The average molecular weight is 365 g/mol. The third-order valence-electron chi connectivity index (χ3n) is 3.87. The maximum absolute atomic E-state index is 12.5. The Bertz CT molecular complexity index is 715. The number of hydrogen-bond donors (Lipinski definition) is 2. The Morgan fingerprint density at radius 2 is 2.16 bits per heavy atom. The molecule has 1 aromatic carbocycles. The van der Waals surface area contributed by atoms with Gasteiger partial charge in [-0.2, -0.15) is 0 Å². The number of carbonyl (C=O) groups is 1. The van der Waals surface area contributed by atoms with Crippen molar-refractivity contribution in [2.45, 2.75) is 46.1 Å². The van der Waals surface area contributed by atoms with E-state index in [1.165, 1.54) is 0 Å². The number of aliphatic hydroxyl groups is 1. The van der Waals surface area contributed by atoms with Crippen LogP contribution in [0.3, 0.4) is 0 Å². The number of hydrogen-bond acceptors (Lipinski definition) is 4. The highest BCUT2D eigenvalue weighted by Gasteiger charge is 2.20. The zero-order valence-corrected chi connectivity index (χ0v) is 15.6. The molecule has 6 nitrogen and oxygen atoms in total. The first kappa shape index (κ1) is 19.4. The third-order valence-corrected chi connectivity index (χ3v) is 4.11. The molecule has 0 unspecified atom stereocenters. The van der Waals surface area contributed by atoms with Gasteiger partial charge in [0.2, 0.25) is 0 Å². The molecule has 2 rings (SSSR count). The van der Waals surface area contributed by atoms with Crippen LogP contribution in [0.15, 0.2) is 24.3 Å². The van der Waals surface area contributed by atoms with Gasteiger partial charge in [-0.1, -0.05) is 43.1 Å². The lowest BCUT2D eigenvalue weighted by molar-refractivity contribution is 0.0933. The summed E-state index contributed by atoms with van der Waals surface area (Å²) < 4.78 is 1.67. The topological polar surface area (TPSA) is 80.0 Å². The number of halogens is 1. The molecule has 0 aliphatic heterocycles. The van der Waals surface area contributed by atoms with Crippen molar-refractivity contribution in [1.29, 1.82) is 0 Å². The van der Waals surface area contributed by atoms with E-state index >= 15 is 0 Å². The van der Waals surface area contributed by atoms with E-state index in [9.17, 15) is 9.90 Å². The van der Waals surface area contributed by atoms with E-state index in [-0.39, 0.29) is 17.9 Å². The van der Waals surface area contributed by atoms with Gasteiger partial charge >= 0.3 is 0 Å². The molecule has 1 heterocycles. The second kappa shape index (κ2) is 8.97. The first-order valence-corrected chi connectivity index (χ1v) is 8.97. The molecule has 2 N–H and O–H groups in total. The van der Waals surface area contributed by atoms with Crippen LogP contribution in [0.25, 0.3) is 5.69 Å². The lowest BCUT2D eigenvalue weighted by Crippen LogP contribution is -2.30. The SMILES string of the molecule is CCCc1c(C(=O)NC[C@@H](C)C[C@@H](C)O)nnn1-c1cccc(Cl)c1. The van der Waals surface area contributed by atoms with Gasteiger partial charge in [-0.15, -0.1) is 5.10 Å². The summed E-state index contributed by atoms with van der Waals surface area (Å²) in [5, 5.41) is 21.2. The molecule has 0 spiro atoms. The number of benzene rings is 1. The van der Waals surface area contributed by atoms with Gasteiger partial charge in [0.05, 0.1) is 17.5 Å². The number of aromatic nitrogens is 3. The molecular formula is C18H25ClN4O2. The monoisotopic (exact) mass is 364 g/mol. The Balaban J connectivity index is 2.19. The molecule has 0 fully saturated rings. The van der Waals surface area contributed by atoms with E-state index in [0.29, 0.717) is 30.1 Å². The molecule has 2 aromatic rings. The van der Waals surface area contributed by atoms with Gasteiger partial charge in [0, 0.05) is 11.6 Å². The zero-order chi connectivity index (χ0) is 18.4. The molecule has 0 aliphatic carbocycles. The van der Waals surface area contributed by atoms with Crippen molar-refractivity contribution in [3.8, 4) is 5.69 Å². The smallest absolute Gasteiger partial charge is 0.273 e. The zero-order valence-electron chi connectivity index (χ0n) is 14.9. The molecule has 7 heteroatoms. The minimum Gasteiger partial charge on any atom is -0.393 e. The maximum atomic E-state index is 12.5. The minimum atomic E-state index is -0.383. The number of amides is 1. The number of aliphatic hydroxyl groups excluding tert-OH is 1. The fourth-order valence-corrected chi connectivity index (χ4v) is 2.96. The van der Waals surface area contributed by atoms with Gasteiger partial charge in [-0.25, -0.2) is 4.68 Å². The highest BCUT2D eigenvalue weighted by molar-refractivity contribution is 6.30. The van der Waals surface area contributed by atoms with Gasteiger partial charge in [0.1, 0.15) is 0 Å². The van der Waals surface area contributed by atoms with E-state index in [0.717, 1.165) is 17.8 Å². The molecule has 0 radical (unpaired) electrons. The third kappa shape index (κ3) is 5.28. The summed E-state index contributed by atoms with van der Waals surface area (Å²) in [7, 11) is 0. The highest BCUT2D eigenvalue weighted by Crippen LogP contribution is 2.18. The Hall–Kier alpha value is -1.92. The summed E-state index contributed by atoms with van der Waals surface area (Å²) in [6.45, 7) is 6.26. The van der Waals surface area contributed by atoms with Crippen molar-refractivity contribution in [3.63, 3.8) is 0 Å². The molecule has 1 amide bonds. The molecule has 0 saturated heterocycles. The van der Waals surface area contributed by atoms with Crippen LogP contribution in [0, 0.1) is 5.92 Å². The second-order valence-corrected chi connectivity index (χ2v) is 6.86. The van der Waals surface area contributed by atoms with Crippen molar-refractivity contribution in [2.24, 2.45) is 5.92 Å². The lowest BCUT2D eigenvalue weighted by Gasteiger charge is -2.14. The summed E-state index contributed by atoms with van der Waals surface area (Å²) in [4.78, 5) is 12.5. The lowest BCUT2D eigenvalue weighted by atomic mass is 10.0. The molecule has 2 atom stereocenters. The summed E-state index contributed by atoms with van der Waals surface area (Å²) in [5.74, 6) is -0.0595. The van der Waals surface area contributed by atoms with Crippen molar-refractivity contribution in [2.75, 3.05) is 6.54 Å². The van der Waals surface area contributed by atoms with E-state index in [2.05, 4.69) is 15.6 Å². The molecule has 0 bridgehead atoms. The van der Waals surface area contributed by atoms with E-state index in [1.54, 1.807) is 23.7 Å². The quantitative estimate of drug-likeness (QED) is 0.754. The molecule has 0 saturated carbocycles. The van der Waals surface area contributed by atoms with Crippen molar-refractivity contribution >= 4 is 17.5 Å². The van der Waals surface area contributed by atoms with Crippen LogP contribution in [0.2, 0.25) is 5.02 Å². The average Bonchev–Trinajstić information content (AvgIpc) is 2.96. The summed E-state index contributed by atoms with van der Waals surface area (Å²) >= 11 is 6.06. The van der Waals surface area contributed by atoms with Crippen molar-refractivity contribution in [3.05, 3.63) is 40.7 Å². The number of rotatable bonds is 8. The van der Waals surface area contributed by atoms with Crippen LogP contribution in [0.5, 0.6) is 0 Å². The van der Waals surface area contributed by atoms with Gasteiger partial charge in [0.15, 0.2) is 5.69 Å². The van der Waals surface area contributed by atoms with Crippen LogP contribution in [-0.2, 0) is 6.42 Å². The Labute approximate surface area is 153 Å². The second-order valence-electron chi connectivity index (χ2n) is 6.43. The first-order chi connectivity index (χ1) is 11.9. The maximum Gasteiger partial charge on any atom is 0.273 e. The normalized spacial score (nSPS) is 13.5. The van der Waals surface area contributed by atoms with Gasteiger partial charge in [0.25, 0.3) is 5.91 Å². The predicted molar refractivity (Wildman–Crippen MR) is 98.2 cm³/mol. The first-order valence-electron chi connectivity index (χ1n) is 8.59. The van der Waals surface area contributed by atoms with E-state index < -0.39 is 0 Å². The molecular weight excluding hydrogens is 340 g/mol. The fraction of sp³-hybridized carbons (Fsp3) is 0.500. The van der Waals surface area contributed by atoms with Gasteiger partial charge < -0.3 is 10.4 Å². The summed E-state index contributed by atoms with van der Waals surface area (Å²) in [5.41, 5.74) is 1.89. The highest BCUT2D eigenvalue weighted by atomic mass is 35.5. The Morgan fingerprint density at radius 3 is 2.80 bits per heavy atom. The molecule has 25 heavy (non-hydrogen) atoms.